The van der Waals surface area contributed by atoms with Crippen molar-refractivity contribution in [3.05, 3.63) is 95.1 Å². The molecular weight excluding hydrogens is 488 g/mol. The van der Waals surface area contributed by atoms with Crippen LogP contribution in [0.15, 0.2) is 72.8 Å². The first-order chi connectivity index (χ1) is 18.7. The summed E-state index contributed by atoms with van der Waals surface area (Å²) in [5.74, 6) is -4.29. The van der Waals surface area contributed by atoms with Gasteiger partial charge >= 0.3 is 0 Å². The van der Waals surface area contributed by atoms with Gasteiger partial charge in [0.1, 0.15) is 11.7 Å². The Kier molecular flexibility index (Phi) is 8.66. The zero-order valence-corrected chi connectivity index (χ0v) is 23.2. The number of Topliss-reactive ketones (excluding diaryl/α,β-unsaturated/α-hetero) is 1. The number of anilines is 2. The highest BCUT2D eigenvalue weighted by molar-refractivity contribution is 6.10. The highest BCUT2D eigenvalue weighted by atomic mass is 16.3. The standard InChI is InChI=1S/C33H38N2O4/c1-5-21-16-18-24(19-17-21)28-29(31(37)34-25-14-10-8-12-22(25)6-2)27(36)20-33(4,39)30(28)32(38)35-26-15-11-9-13-23(26)7-3/h8-19,28-30,39H,5-7,20H2,1-4H3,(H,34,37)(H,35,38). The van der Waals surface area contributed by atoms with Gasteiger partial charge in [0.2, 0.25) is 11.8 Å². The Balaban J connectivity index is 1.79. The molecule has 6 nitrogen and oxygen atoms in total. The van der Waals surface area contributed by atoms with Crippen LogP contribution in [-0.2, 0) is 33.6 Å². The molecule has 4 unspecified atom stereocenters. The zero-order valence-electron chi connectivity index (χ0n) is 23.2. The summed E-state index contributed by atoms with van der Waals surface area (Å²) in [7, 11) is 0. The van der Waals surface area contributed by atoms with Crippen molar-refractivity contribution in [2.75, 3.05) is 10.6 Å². The number of carbonyl (C=O) groups excluding carboxylic acids is 3. The summed E-state index contributed by atoms with van der Waals surface area (Å²) in [6, 6.07) is 22.7. The Bertz CT molecular complexity index is 1350. The van der Waals surface area contributed by atoms with Gasteiger partial charge in [0.25, 0.3) is 0 Å². The van der Waals surface area contributed by atoms with Gasteiger partial charge in [0.05, 0.1) is 11.5 Å². The van der Waals surface area contributed by atoms with Crippen molar-refractivity contribution < 1.29 is 19.5 Å². The number of hydrogen-bond acceptors (Lipinski definition) is 4. The van der Waals surface area contributed by atoms with Crippen LogP contribution in [0.3, 0.4) is 0 Å². The number of carbonyl (C=O) groups is 3. The minimum atomic E-state index is -1.64. The van der Waals surface area contributed by atoms with Crippen LogP contribution in [0.25, 0.3) is 0 Å². The summed E-state index contributed by atoms with van der Waals surface area (Å²) in [5.41, 5.74) is 3.36. The molecule has 0 spiro atoms. The Morgan fingerprint density at radius 2 is 1.31 bits per heavy atom. The summed E-state index contributed by atoms with van der Waals surface area (Å²) in [4.78, 5) is 41.4. The van der Waals surface area contributed by atoms with Gasteiger partial charge in [-0.3, -0.25) is 14.4 Å². The Labute approximate surface area is 230 Å². The Hall–Kier alpha value is -3.77. The van der Waals surface area contributed by atoms with Crippen molar-refractivity contribution in [3.8, 4) is 0 Å². The third-order valence-corrected chi connectivity index (χ3v) is 7.92. The monoisotopic (exact) mass is 526 g/mol. The molecule has 2 amide bonds. The first kappa shape index (κ1) is 28.2. The highest BCUT2D eigenvalue weighted by Crippen LogP contribution is 2.47. The number of benzene rings is 3. The summed E-state index contributed by atoms with van der Waals surface area (Å²) in [6.45, 7) is 7.58. The second-order valence-corrected chi connectivity index (χ2v) is 10.6. The summed E-state index contributed by atoms with van der Waals surface area (Å²) in [6.07, 6.45) is 1.97. The molecule has 1 saturated carbocycles. The minimum Gasteiger partial charge on any atom is -0.389 e. The largest absolute Gasteiger partial charge is 0.389 e. The molecule has 0 aromatic heterocycles. The molecule has 1 aliphatic carbocycles. The number of para-hydroxylation sites is 2. The van der Waals surface area contributed by atoms with E-state index in [-0.39, 0.29) is 12.2 Å². The third kappa shape index (κ3) is 5.96. The van der Waals surface area contributed by atoms with Crippen molar-refractivity contribution in [2.45, 2.75) is 64.9 Å². The number of ketones is 1. The average Bonchev–Trinajstić information content (AvgIpc) is 2.92. The lowest BCUT2D eigenvalue weighted by molar-refractivity contribution is -0.150. The van der Waals surface area contributed by atoms with Crippen LogP contribution in [0.2, 0.25) is 0 Å². The maximum absolute atomic E-state index is 14.0. The second-order valence-electron chi connectivity index (χ2n) is 10.6. The molecule has 6 heteroatoms. The van der Waals surface area contributed by atoms with E-state index in [0.29, 0.717) is 23.4 Å². The lowest BCUT2D eigenvalue weighted by atomic mass is 9.61. The quantitative estimate of drug-likeness (QED) is 0.329. The molecule has 0 bridgehead atoms. The molecular formula is C33H38N2O4. The predicted octanol–water partition coefficient (Wildman–Crippen LogP) is 5.69. The van der Waals surface area contributed by atoms with Crippen LogP contribution in [0.5, 0.6) is 0 Å². The first-order valence-electron chi connectivity index (χ1n) is 13.8. The van der Waals surface area contributed by atoms with Crippen LogP contribution in [0.4, 0.5) is 11.4 Å². The SMILES string of the molecule is CCc1ccc(C2C(C(=O)Nc3ccccc3CC)C(=O)CC(C)(O)C2C(=O)Nc2ccccc2CC)cc1. The molecule has 3 aromatic rings. The van der Waals surface area contributed by atoms with Crippen LogP contribution >= 0.6 is 0 Å². The molecule has 0 radical (unpaired) electrons. The van der Waals surface area contributed by atoms with E-state index in [9.17, 15) is 19.5 Å². The van der Waals surface area contributed by atoms with Crippen LogP contribution < -0.4 is 10.6 Å². The van der Waals surface area contributed by atoms with Crippen molar-refractivity contribution in [1.29, 1.82) is 0 Å². The smallest absolute Gasteiger partial charge is 0.235 e. The van der Waals surface area contributed by atoms with Crippen LogP contribution in [0, 0.1) is 11.8 Å². The van der Waals surface area contributed by atoms with E-state index in [1.807, 2.05) is 93.6 Å². The van der Waals surface area contributed by atoms with E-state index in [1.165, 1.54) is 6.92 Å². The topological polar surface area (TPSA) is 95.5 Å². The molecule has 39 heavy (non-hydrogen) atoms. The van der Waals surface area contributed by atoms with E-state index in [2.05, 4.69) is 10.6 Å². The molecule has 0 heterocycles. The molecule has 0 saturated heterocycles. The van der Waals surface area contributed by atoms with Gasteiger partial charge in [-0.25, -0.2) is 0 Å². The van der Waals surface area contributed by atoms with Gasteiger partial charge in [0.15, 0.2) is 0 Å². The van der Waals surface area contributed by atoms with Gasteiger partial charge < -0.3 is 15.7 Å². The Morgan fingerprint density at radius 1 is 0.795 bits per heavy atom. The van der Waals surface area contributed by atoms with Crippen LogP contribution in [0.1, 0.15) is 62.3 Å². The summed E-state index contributed by atoms with van der Waals surface area (Å²) >= 11 is 0. The number of rotatable bonds is 8. The third-order valence-electron chi connectivity index (χ3n) is 7.92. The predicted molar refractivity (Wildman–Crippen MR) is 155 cm³/mol. The minimum absolute atomic E-state index is 0.294. The van der Waals surface area contributed by atoms with E-state index >= 15 is 0 Å². The van der Waals surface area contributed by atoms with Gasteiger partial charge in [-0.05, 0) is 60.6 Å². The maximum Gasteiger partial charge on any atom is 0.235 e. The average molecular weight is 527 g/mol. The fourth-order valence-electron chi connectivity index (χ4n) is 5.79. The van der Waals surface area contributed by atoms with Crippen molar-refractivity contribution in [1.82, 2.24) is 0 Å². The lowest BCUT2D eigenvalue weighted by Crippen LogP contribution is -2.56. The van der Waals surface area contributed by atoms with Gasteiger partial charge in [0, 0.05) is 23.7 Å². The molecule has 3 aromatic carbocycles. The van der Waals surface area contributed by atoms with Gasteiger partial charge in [-0.2, -0.15) is 0 Å². The van der Waals surface area contributed by atoms with Gasteiger partial charge in [-0.15, -0.1) is 0 Å². The second kappa shape index (κ2) is 12.0. The molecule has 4 atom stereocenters. The van der Waals surface area contributed by atoms with E-state index in [4.69, 9.17) is 0 Å². The normalized spacial score (nSPS) is 22.8. The fourth-order valence-corrected chi connectivity index (χ4v) is 5.79. The molecule has 1 fully saturated rings. The number of nitrogens with one attached hydrogen (secondary N) is 2. The van der Waals surface area contributed by atoms with Crippen molar-refractivity contribution in [3.63, 3.8) is 0 Å². The number of aryl methyl sites for hydroxylation is 3. The molecule has 3 N–H and O–H groups in total. The zero-order chi connectivity index (χ0) is 28.2. The summed E-state index contributed by atoms with van der Waals surface area (Å²) in [5, 5.41) is 17.5. The number of hydrogen-bond donors (Lipinski definition) is 3. The van der Waals surface area contributed by atoms with Crippen molar-refractivity contribution in [2.24, 2.45) is 11.8 Å². The van der Waals surface area contributed by atoms with E-state index < -0.39 is 35.2 Å². The fraction of sp³-hybridized carbons (Fsp3) is 0.364. The summed E-state index contributed by atoms with van der Waals surface area (Å²) < 4.78 is 0. The van der Waals surface area contributed by atoms with Gasteiger partial charge in [-0.1, -0.05) is 81.4 Å². The molecule has 4 rings (SSSR count). The van der Waals surface area contributed by atoms with Crippen LogP contribution in [-0.4, -0.2) is 28.3 Å². The Morgan fingerprint density at radius 3 is 1.82 bits per heavy atom. The highest BCUT2D eigenvalue weighted by Gasteiger charge is 2.56. The maximum atomic E-state index is 14.0. The van der Waals surface area contributed by atoms with E-state index in [0.717, 1.165) is 29.5 Å². The lowest BCUT2D eigenvalue weighted by Gasteiger charge is -2.44. The number of aliphatic hydroxyl groups is 1. The molecule has 0 aliphatic heterocycles. The number of amides is 2. The van der Waals surface area contributed by atoms with E-state index in [1.54, 1.807) is 0 Å². The van der Waals surface area contributed by atoms with Crippen molar-refractivity contribution >= 4 is 29.0 Å². The molecule has 1 aliphatic rings. The molecule has 204 valence electrons. The first-order valence-corrected chi connectivity index (χ1v) is 13.8.